The lowest BCUT2D eigenvalue weighted by Gasteiger charge is -2.28. The van der Waals surface area contributed by atoms with Crippen LogP contribution in [-0.2, 0) is 16.0 Å². The van der Waals surface area contributed by atoms with Crippen LogP contribution in [0.1, 0.15) is 54.4 Å². The fraction of sp³-hybridized carbons (Fsp3) is 0.389. The number of nitrogens with zero attached hydrogens (tertiary/aromatic N) is 3. The van der Waals surface area contributed by atoms with Crippen molar-refractivity contribution in [2.45, 2.75) is 57.0 Å². The van der Waals surface area contributed by atoms with Gasteiger partial charge in [-0.1, -0.05) is 30.3 Å². The van der Waals surface area contributed by atoms with E-state index in [2.05, 4.69) is 41.9 Å². The van der Waals surface area contributed by atoms with Gasteiger partial charge in [-0.15, -0.1) is 10.2 Å². The lowest BCUT2D eigenvalue weighted by molar-refractivity contribution is -0.130. The zero-order valence-electron chi connectivity index (χ0n) is 27.3. The molecule has 2 aliphatic rings. The van der Waals surface area contributed by atoms with Crippen molar-refractivity contribution in [2.75, 3.05) is 25.0 Å². The van der Waals surface area contributed by atoms with Crippen molar-refractivity contribution in [3.05, 3.63) is 83.7 Å². The average Bonchev–Trinajstić information content (AvgIpc) is 3.68. The number of tetrazole rings is 1. The van der Waals surface area contributed by atoms with Crippen molar-refractivity contribution in [3.8, 4) is 22.5 Å². The Bertz CT molecular complexity index is 1720. The van der Waals surface area contributed by atoms with Gasteiger partial charge in [-0.25, -0.2) is 4.39 Å². The molecule has 4 aromatic rings. The summed E-state index contributed by atoms with van der Waals surface area (Å²) in [4.78, 5) is 39.7. The second-order valence-electron chi connectivity index (χ2n) is 12.9. The summed E-state index contributed by atoms with van der Waals surface area (Å²) in [6.45, 7) is 2.27. The number of aromatic amines is 1. The number of anilines is 1. The second kappa shape index (κ2) is 15.9. The molecular weight excluding hydrogens is 625 g/mol. The van der Waals surface area contributed by atoms with E-state index in [1.54, 1.807) is 30.3 Å². The molecule has 256 valence electrons. The Morgan fingerprint density at radius 2 is 1.57 bits per heavy atom. The number of piperidine rings is 1. The van der Waals surface area contributed by atoms with Crippen molar-refractivity contribution in [1.82, 2.24) is 36.6 Å². The Morgan fingerprint density at radius 3 is 2.22 bits per heavy atom. The van der Waals surface area contributed by atoms with Crippen LogP contribution in [0.25, 0.3) is 22.5 Å². The number of hydrogen-bond donors (Lipinski definition) is 6. The molecule has 2 heterocycles. The molecule has 0 spiro atoms. The summed E-state index contributed by atoms with van der Waals surface area (Å²) in [7, 11) is 0. The summed E-state index contributed by atoms with van der Waals surface area (Å²) >= 11 is 0. The summed E-state index contributed by atoms with van der Waals surface area (Å²) in [6.07, 6.45) is 5.15. The molecule has 7 N–H and O–H groups in total. The third kappa shape index (κ3) is 8.72. The van der Waals surface area contributed by atoms with E-state index in [4.69, 9.17) is 5.73 Å². The lowest BCUT2D eigenvalue weighted by atomic mass is 9.81. The molecule has 12 nitrogen and oxygen atoms in total. The lowest BCUT2D eigenvalue weighted by Crippen LogP contribution is -2.48. The summed E-state index contributed by atoms with van der Waals surface area (Å²) in [5.41, 5.74) is 9.37. The third-order valence-electron chi connectivity index (χ3n) is 9.56. The Morgan fingerprint density at radius 1 is 0.878 bits per heavy atom. The van der Waals surface area contributed by atoms with Crippen LogP contribution in [0.2, 0.25) is 0 Å². The molecule has 1 saturated heterocycles. The Hall–Kier alpha value is -5.01. The Kier molecular flexibility index (Phi) is 11.0. The number of H-pyrrole nitrogens is 1. The maximum absolute atomic E-state index is 15.1. The number of benzene rings is 3. The number of rotatable bonds is 11. The second-order valence-corrected chi connectivity index (χ2v) is 12.9. The predicted octanol–water partition coefficient (Wildman–Crippen LogP) is 3.59. The van der Waals surface area contributed by atoms with E-state index in [0.29, 0.717) is 29.5 Å². The van der Waals surface area contributed by atoms with Crippen LogP contribution >= 0.6 is 0 Å². The molecule has 1 atom stereocenters. The molecule has 1 aromatic heterocycles. The number of halogens is 1. The summed E-state index contributed by atoms with van der Waals surface area (Å²) in [5.74, 6) is -0.785. The summed E-state index contributed by atoms with van der Waals surface area (Å²) in [6, 6.07) is 18.3. The van der Waals surface area contributed by atoms with Crippen molar-refractivity contribution in [3.63, 3.8) is 0 Å². The van der Waals surface area contributed by atoms with Gasteiger partial charge in [0, 0.05) is 29.6 Å². The first-order chi connectivity index (χ1) is 23.9. The summed E-state index contributed by atoms with van der Waals surface area (Å²) < 4.78 is 15.1. The number of amides is 3. The van der Waals surface area contributed by atoms with Gasteiger partial charge in [-0.3, -0.25) is 14.4 Å². The van der Waals surface area contributed by atoms with Gasteiger partial charge in [-0.2, -0.15) is 5.21 Å². The smallest absolute Gasteiger partial charge is 0.254 e. The molecule has 49 heavy (non-hydrogen) atoms. The van der Waals surface area contributed by atoms with Crippen LogP contribution in [0.4, 0.5) is 10.1 Å². The molecule has 0 unspecified atom stereocenters. The van der Waals surface area contributed by atoms with Gasteiger partial charge < -0.3 is 27.0 Å². The highest BCUT2D eigenvalue weighted by atomic mass is 19.1. The molecule has 2 fully saturated rings. The highest BCUT2D eigenvalue weighted by molar-refractivity contribution is 5.98. The van der Waals surface area contributed by atoms with Crippen LogP contribution < -0.4 is 27.0 Å². The molecule has 3 amide bonds. The molecule has 3 aromatic carbocycles. The Labute approximate surface area is 284 Å². The third-order valence-corrected chi connectivity index (χ3v) is 9.56. The molecule has 1 saturated carbocycles. The van der Waals surface area contributed by atoms with E-state index in [9.17, 15) is 14.4 Å². The Balaban J connectivity index is 1.13. The van der Waals surface area contributed by atoms with Gasteiger partial charge in [0.15, 0.2) is 0 Å². The van der Waals surface area contributed by atoms with Gasteiger partial charge in [0.1, 0.15) is 11.9 Å². The highest BCUT2D eigenvalue weighted by Crippen LogP contribution is 2.29. The minimum Gasteiger partial charge on any atom is -0.349 e. The van der Waals surface area contributed by atoms with Crippen LogP contribution in [0.15, 0.2) is 66.7 Å². The van der Waals surface area contributed by atoms with Crippen molar-refractivity contribution < 1.29 is 18.8 Å². The maximum Gasteiger partial charge on any atom is 0.254 e. The quantitative estimate of drug-likeness (QED) is 0.140. The average molecular weight is 668 g/mol. The molecular formula is C36H42FN9O3. The van der Waals surface area contributed by atoms with Gasteiger partial charge in [0.2, 0.25) is 17.6 Å². The predicted molar refractivity (Wildman–Crippen MR) is 184 cm³/mol. The number of aromatic nitrogens is 4. The van der Waals surface area contributed by atoms with Gasteiger partial charge in [0.05, 0.1) is 5.56 Å². The molecule has 0 bridgehead atoms. The fourth-order valence-corrected chi connectivity index (χ4v) is 6.55. The first-order valence-electron chi connectivity index (χ1n) is 16.9. The zero-order chi connectivity index (χ0) is 34.2. The van der Waals surface area contributed by atoms with Gasteiger partial charge in [0.25, 0.3) is 5.91 Å². The van der Waals surface area contributed by atoms with Crippen molar-refractivity contribution in [1.29, 1.82) is 0 Å². The SMILES string of the molecule is NCC1CCC(C(=O)N[C@@H](Cc2ccc(-c3ccc(C(=O)NC4CCNCC4)c(F)c3)cc2)C(=O)Nc2ccc(-c3nn[nH]n3)cc2)CC1. The normalized spacial score (nSPS) is 18.7. The van der Waals surface area contributed by atoms with E-state index in [1.165, 1.54) is 12.1 Å². The van der Waals surface area contributed by atoms with Gasteiger partial charge in [-0.05, 0) is 122 Å². The van der Waals surface area contributed by atoms with Crippen molar-refractivity contribution >= 4 is 23.4 Å². The van der Waals surface area contributed by atoms with Crippen LogP contribution in [0.3, 0.4) is 0 Å². The van der Waals surface area contributed by atoms with Crippen LogP contribution in [0.5, 0.6) is 0 Å². The number of carbonyl (C=O) groups excluding carboxylic acids is 3. The molecule has 13 heteroatoms. The largest absolute Gasteiger partial charge is 0.349 e. The minimum absolute atomic E-state index is 0.0180. The number of nitrogens with one attached hydrogen (secondary N) is 5. The monoisotopic (exact) mass is 667 g/mol. The van der Waals surface area contributed by atoms with E-state index in [-0.39, 0.29) is 35.8 Å². The number of carbonyl (C=O) groups is 3. The van der Waals surface area contributed by atoms with E-state index in [1.807, 2.05) is 24.3 Å². The molecule has 1 aliphatic heterocycles. The van der Waals surface area contributed by atoms with Crippen LogP contribution in [0, 0.1) is 17.7 Å². The molecule has 6 rings (SSSR count). The number of hydrogen-bond acceptors (Lipinski definition) is 8. The molecule has 0 radical (unpaired) electrons. The maximum atomic E-state index is 15.1. The number of nitrogens with two attached hydrogens (primary N) is 1. The minimum atomic E-state index is -0.836. The topological polar surface area (TPSA) is 180 Å². The highest BCUT2D eigenvalue weighted by Gasteiger charge is 2.29. The van der Waals surface area contributed by atoms with Crippen LogP contribution in [-0.4, -0.2) is 70.1 Å². The van der Waals surface area contributed by atoms with Crippen molar-refractivity contribution in [2.24, 2.45) is 17.6 Å². The first-order valence-corrected chi connectivity index (χ1v) is 16.9. The van der Waals surface area contributed by atoms with E-state index >= 15 is 4.39 Å². The summed E-state index contributed by atoms with van der Waals surface area (Å²) in [5, 5.41) is 26.1. The zero-order valence-corrected chi connectivity index (χ0v) is 27.3. The first kappa shape index (κ1) is 33.9. The van der Waals surface area contributed by atoms with E-state index < -0.39 is 17.8 Å². The van der Waals surface area contributed by atoms with Gasteiger partial charge >= 0.3 is 0 Å². The molecule has 1 aliphatic carbocycles. The standard InChI is InChI=1S/C36H42FN9O3/c37-31-20-27(11-14-30(31)35(48)40-29-15-17-39-18-16-29)24-5-1-22(2-6-24)19-32(42-34(47)26-7-3-23(21-38)4-8-26)36(49)41-28-12-9-25(10-13-28)33-43-45-46-44-33/h1-2,5-6,9-14,20,23,26,29,32,39H,3-4,7-8,15-19,21,38H2,(H,40,48)(H,41,49)(H,42,47)(H,43,44,45,46)/t23?,26?,32-/m0/s1. The fourth-order valence-electron chi connectivity index (χ4n) is 6.55. The van der Waals surface area contributed by atoms with E-state index in [0.717, 1.165) is 68.3 Å².